The molecule has 0 heterocycles. The molecule has 0 saturated carbocycles. The molecule has 0 aliphatic heterocycles. The first kappa shape index (κ1) is 16.2. The van der Waals surface area contributed by atoms with Crippen LogP contribution in [-0.4, -0.2) is 23.0 Å². The molecule has 20 heavy (non-hydrogen) atoms. The molecule has 0 aromatic heterocycles. The van der Waals surface area contributed by atoms with Gasteiger partial charge in [-0.1, -0.05) is 50.6 Å². The third kappa shape index (κ3) is 4.06. The van der Waals surface area contributed by atoms with Crippen LogP contribution in [0.25, 0.3) is 0 Å². The molecule has 5 nitrogen and oxygen atoms in total. The standard InChI is InChI=1S/C15H22N2O3/c1-9-5-7-10(8-6-9)11(16)13(18)17-12(14(19)20)15(2,3)4/h5-8,11-12H,16H2,1-4H3,(H,17,18)(H,19,20)/t11?,12-/m1/s1. The molecule has 0 radical (unpaired) electrons. The second-order valence-corrected chi connectivity index (χ2v) is 6.03. The van der Waals surface area contributed by atoms with Crippen LogP contribution in [0.15, 0.2) is 24.3 Å². The molecular formula is C15H22N2O3. The molecule has 1 amide bonds. The third-order valence-corrected chi connectivity index (χ3v) is 3.12. The quantitative estimate of drug-likeness (QED) is 0.780. The molecule has 5 heteroatoms. The Morgan fingerprint density at radius 1 is 1.20 bits per heavy atom. The Bertz CT molecular complexity index is 489. The van der Waals surface area contributed by atoms with Crippen LogP contribution in [0.1, 0.15) is 37.9 Å². The molecule has 1 rings (SSSR count). The van der Waals surface area contributed by atoms with Crippen LogP contribution in [0.3, 0.4) is 0 Å². The molecule has 1 aromatic rings. The summed E-state index contributed by atoms with van der Waals surface area (Å²) in [5.74, 6) is -1.56. The SMILES string of the molecule is Cc1ccc(C(N)C(=O)N[C@H](C(=O)O)C(C)(C)C)cc1. The number of amides is 1. The zero-order chi connectivity index (χ0) is 15.5. The summed E-state index contributed by atoms with van der Waals surface area (Å²) in [6.07, 6.45) is 0. The molecule has 1 aromatic carbocycles. The number of nitrogens with one attached hydrogen (secondary N) is 1. The van der Waals surface area contributed by atoms with E-state index in [1.165, 1.54) is 0 Å². The van der Waals surface area contributed by atoms with Gasteiger partial charge in [-0.3, -0.25) is 4.79 Å². The van der Waals surface area contributed by atoms with Crippen molar-refractivity contribution in [3.05, 3.63) is 35.4 Å². The average molecular weight is 278 g/mol. The second-order valence-electron chi connectivity index (χ2n) is 6.03. The van der Waals surface area contributed by atoms with Gasteiger partial charge in [-0.05, 0) is 17.9 Å². The van der Waals surface area contributed by atoms with E-state index in [2.05, 4.69) is 5.32 Å². The van der Waals surface area contributed by atoms with Crippen molar-refractivity contribution < 1.29 is 14.7 Å². The van der Waals surface area contributed by atoms with E-state index in [1.807, 2.05) is 19.1 Å². The van der Waals surface area contributed by atoms with Crippen LogP contribution in [0.4, 0.5) is 0 Å². The molecule has 0 spiro atoms. The van der Waals surface area contributed by atoms with Crippen molar-refractivity contribution in [2.24, 2.45) is 11.1 Å². The van der Waals surface area contributed by atoms with E-state index >= 15 is 0 Å². The van der Waals surface area contributed by atoms with Gasteiger partial charge in [-0.2, -0.15) is 0 Å². The lowest BCUT2D eigenvalue weighted by molar-refractivity contribution is -0.145. The maximum Gasteiger partial charge on any atom is 0.326 e. The lowest BCUT2D eigenvalue weighted by Crippen LogP contribution is -2.51. The van der Waals surface area contributed by atoms with Crippen molar-refractivity contribution >= 4 is 11.9 Å². The number of hydrogen-bond acceptors (Lipinski definition) is 3. The lowest BCUT2D eigenvalue weighted by atomic mass is 9.86. The molecule has 0 saturated heterocycles. The number of nitrogens with two attached hydrogens (primary N) is 1. The first-order valence-corrected chi connectivity index (χ1v) is 6.48. The summed E-state index contributed by atoms with van der Waals surface area (Å²) in [6.45, 7) is 7.20. The van der Waals surface area contributed by atoms with Gasteiger partial charge in [-0.25, -0.2) is 4.79 Å². The van der Waals surface area contributed by atoms with Gasteiger partial charge in [0.15, 0.2) is 0 Å². The minimum absolute atomic E-state index is 0.490. The van der Waals surface area contributed by atoms with Gasteiger partial charge in [0.05, 0.1) is 0 Å². The highest BCUT2D eigenvalue weighted by molar-refractivity contribution is 5.88. The van der Waals surface area contributed by atoms with Crippen molar-refractivity contribution in [2.75, 3.05) is 0 Å². The predicted molar refractivity (Wildman–Crippen MR) is 77.1 cm³/mol. The summed E-state index contributed by atoms with van der Waals surface area (Å²) in [6, 6.07) is 5.41. The summed E-state index contributed by atoms with van der Waals surface area (Å²) in [5.41, 5.74) is 7.01. The fourth-order valence-electron chi connectivity index (χ4n) is 1.81. The predicted octanol–water partition coefficient (Wildman–Crippen LogP) is 1.61. The maximum atomic E-state index is 12.1. The van der Waals surface area contributed by atoms with Crippen molar-refractivity contribution in [1.82, 2.24) is 5.32 Å². The van der Waals surface area contributed by atoms with E-state index in [0.717, 1.165) is 5.56 Å². The summed E-state index contributed by atoms with van der Waals surface area (Å²) in [7, 11) is 0. The number of rotatable bonds is 4. The van der Waals surface area contributed by atoms with Gasteiger partial charge in [0.1, 0.15) is 12.1 Å². The van der Waals surface area contributed by atoms with Gasteiger partial charge in [-0.15, -0.1) is 0 Å². The number of hydrogen-bond donors (Lipinski definition) is 3. The first-order valence-electron chi connectivity index (χ1n) is 6.48. The first-order chi connectivity index (χ1) is 9.12. The number of benzene rings is 1. The van der Waals surface area contributed by atoms with Crippen LogP contribution in [0.5, 0.6) is 0 Å². The van der Waals surface area contributed by atoms with Crippen LogP contribution in [0, 0.1) is 12.3 Å². The van der Waals surface area contributed by atoms with Gasteiger partial charge < -0.3 is 16.2 Å². The minimum atomic E-state index is -1.07. The molecular weight excluding hydrogens is 256 g/mol. The summed E-state index contributed by atoms with van der Waals surface area (Å²) in [4.78, 5) is 23.3. The van der Waals surface area contributed by atoms with Crippen molar-refractivity contribution in [3.8, 4) is 0 Å². The molecule has 0 fully saturated rings. The smallest absolute Gasteiger partial charge is 0.326 e. The Labute approximate surface area is 119 Å². The fraction of sp³-hybridized carbons (Fsp3) is 0.467. The lowest BCUT2D eigenvalue weighted by Gasteiger charge is -2.28. The largest absolute Gasteiger partial charge is 0.480 e. The van der Waals surface area contributed by atoms with Crippen molar-refractivity contribution in [3.63, 3.8) is 0 Å². The number of carboxylic acid groups (broad SMARTS) is 1. The second kappa shape index (κ2) is 6.05. The van der Waals surface area contributed by atoms with E-state index in [-0.39, 0.29) is 0 Å². The van der Waals surface area contributed by atoms with E-state index in [9.17, 15) is 14.7 Å². The Balaban J connectivity index is 2.84. The van der Waals surface area contributed by atoms with E-state index in [1.54, 1.807) is 32.9 Å². The highest BCUT2D eigenvalue weighted by Crippen LogP contribution is 2.20. The summed E-state index contributed by atoms with van der Waals surface area (Å²) in [5, 5.41) is 11.7. The van der Waals surface area contributed by atoms with Gasteiger partial charge in [0, 0.05) is 0 Å². The van der Waals surface area contributed by atoms with Crippen molar-refractivity contribution in [1.29, 1.82) is 0 Å². The topological polar surface area (TPSA) is 92.4 Å². The van der Waals surface area contributed by atoms with Gasteiger partial charge in [0.25, 0.3) is 0 Å². The number of carbonyl (C=O) groups excluding carboxylic acids is 1. The number of aryl methyl sites for hydroxylation is 1. The molecule has 2 atom stereocenters. The Morgan fingerprint density at radius 2 is 1.70 bits per heavy atom. The molecule has 1 unspecified atom stereocenters. The van der Waals surface area contributed by atoms with Crippen LogP contribution < -0.4 is 11.1 Å². The Morgan fingerprint density at radius 3 is 2.10 bits per heavy atom. The van der Waals surface area contributed by atoms with Gasteiger partial charge >= 0.3 is 5.97 Å². The van der Waals surface area contributed by atoms with Crippen molar-refractivity contribution in [2.45, 2.75) is 39.8 Å². The van der Waals surface area contributed by atoms with E-state index in [4.69, 9.17) is 5.73 Å². The Kier molecular flexibility index (Phi) is 4.89. The molecule has 0 aliphatic rings. The summed E-state index contributed by atoms with van der Waals surface area (Å²) < 4.78 is 0. The van der Waals surface area contributed by atoms with Crippen LogP contribution >= 0.6 is 0 Å². The maximum absolute atomic E-state index is 12.1. The fourth-order valence-corrected chi connectivity index (χ4v) is 1.81. The number of carbonyl (C=O) groups is 2. The van der Waals surface area contributed by atoms with Crippen LogP contribution in [0.2, 0.25) is 0 Å². The van der Waals surface area contributed by atoms with Gasteiger partial charge in [0.2, 0.25) is 5.91 Å². The zero-order valence-corrected chi connectivity index (χ0v) is 12.3. The highest BCUT2D eigenvalue weighted by atomic mass is 16.4. The summed E-state index contributed by atoms with van der Waals surface area (Å²) >= 11 is 0. The Hall–Kier alpha value is -1.88. The number of aliphatic carboxylic acids is 1. The third-order valence-electron chi connectivity index (χ3n) is 3.12. The van der Waals surface area contributed by atoms with E-state index in [0.29, 0.717) is 5.56 Å². The normalized spacial score (nSPS) is 14.4. The molecule has 0 bridgehead atoms. The number of carboxylic acids is 1. The average Bonchev–Trinajstić information content (AvgIpc) is 2.33. The van der Waals surface area contributed by atoms with E-state index < -0.39 is 29.4 Å². The molecule has 4 N–H and O–H groups in total. The zero-order valence-electron chi connectivity index (χ0n) is 12.3. The molecule has 0 aliphatic carbocycles. The monoisotopic (exact) mass is 278 g/mol. The molecule has 110 valence electrons. The van der Waals surface area contributed by atoms with Crippen LogP contribution in [-0.2, 0) is 9.59 Å². The highest BCUT2D eigenvalue weighted by Gasteiger charge is 2.33. The minimum Gasteiger partial charge on any atom is -0.480 e.